The van der Waals surface area contributed by atoms with Crippen molar-refractivity contribution in [2.24, 2.45) is 0 Å². The Kier molecular flexibility index (Phi) is 7.10. The number of hydrogen-bond donors (Lipinski definition) is 0. The van der Waals surface area contributed by atoms with Crippen LogP contribution in [0.15, 0.2) is 158 Å². The SMILES string of the molecule is C1=CCCC(c2cc(-c3cccc(-c4cc(-c5ccccc5)nc(-c5ccccc5)c4)c3)cc(-c3ccccc3)n2)=C1. The number of pyridine rings is 2. The highest BCUT2D eigenvalue weighted by molar-refractivity contribution is 5.82. The van der Waals surface area contributed by atoms with Crippen molar-refractivity contribution in [2.75, 3.05) is 0 Å². The molecule has 0 amide bonds. The van der Waals surface area contributed by atoms with Crippen LogP contribution in [0.2, 0.25) is 0 Å². The van der Waals surface area contributed by atoms with Gasteiger partial charge in [-0.25, -0.2) is 9.97 Å². The molecule has 1 aliphatic carbocycles. The Morgan fingerprint density at radius 1 is 0.381 bits per heavy atom. The Morgan fingerprint density at radius 3 is 1.26 bits per heavy atom. The number of nitrogens with zero attached hydrogens (tertiary/aromatic N) is 2. The zero-order valence-corrected chi connectivity index (χ0v) is 23.3. The third kappa shape index (κ3) is 5.48. The Morgan fingerprint density at radius 2 is 0.810 bits per heavy atom. The van der Waals surface area contributed by atoms with Crippen LogP contribution in [0.3, 0.4) is 0 Å². The molecule has 0 N–H and O–H groups in total. The molecule has 2 aromatic heterocycles. The highest BCUT2D eigenvalue weighted by Gasteiger charge is 2.13. The predicted octanol–water partition coefficient (Wildman–Crippen LogP) is 10.5. The normalized spacial score (nSPS) is 12.6. The van der Waals surface area contributed by atoms with E-state index in [0.29, 0.717) is 0 Å². The molecule has 0 bridgehead atoms. The van der Waals surface area contributed by atoms with E-state index >= 15 is 0 Å². The number of benzene rings is 4. The number of hydrogen-bond acceptors (Lipinski definition) is 2. The molecule has 7 rings (SSSR count). The van der Waals surface area contributed by atoms with Crippen LogP contribution >= 0.6 is 0 Å². The van der Waals surface area contributed by atoms with Gasteiger partial charge in [0.1, 0.15) is 0 Å². The lowest BCUT2D eigenvalue weighted by atomic mass is 9.94. The lowest BCUT2D eigenvalue weighted by Crippen LogP contribution is -1.96. The van der Waals surface area contributed by atoms with Gasteiger partial charge in [-0.2, -0.15) is 0 Å². The van der Waals surface area contributed by atoms with E-state index in [0.717, 1.165) is 69.0 Å². The molecule has 0 spiro atoms. The summed E-state index contributed by atoms with van der Waals surface area (Å²) in [6.07, 6.45) is 8.62. The lowest BCUT2D eigenvalue weighted by Gasteiger charge is -2.14. The van der Waals surface area contributed by atoms with Crippen LogP contribution < -0.4 is 0 Å². The van der Waals surface area contributed by atoms with Crippen molar-refractivity contribution in [2.45, 2.75) is 12.8 Å². The van der Waals surface area contributed by atoms with E-state index in [1.807, 2.05) is 18.2 Å². The molecule has 1 aliphatic rings. The fourth-order valence-electron chi connectivity index (χ4n) is 5.52. The van der Waals surface area contributed by atoms with Crippen LogP contribution in [0.5, 0.6) is 0 Å². The highest BCUT2D eigenvalue weighted by atomic mass is 14.7. The second-order valence-corrected chi connectivity index (χ2v) is 10.6. The average Bonchev–Trinajstić information content (AvgIpc) is 3.09. The molecule has 0 radical (unpaired) electrons. The minimum absolute atomic E-state index is 0.965. The predicted molar refractivity (Wildman–Crippen MR) is 176 cm³/mol. The molecular formula is C40H30N2. The molecule has 200 valence electrons. The molecule has 6 aromatic rings. The highest BCUT2D eigenvalue weighted by Crippen LogP contribution is 2.35. The van der Waals surface area contributed by atoms with E-state index < -0.39 is 0 Å². The Labute approximate surface area is 247 Å². The van der Waals surface area contributed by atoms with Gasteiger partial charge < -0.3 is 0 Å². The summed E-state index contributed by atoms with van der Waals surface area (Å²) in [6, 6.07) is 49.0. The molecule has 2 heteroatoms. The van der Waals surface area contributed by atoms with Gasteiger partial charge in [-0.1, -0.05) is 127 Å². The van der Waals surface area contributed by atoms with Gasteiger partial charge in [-0.15, -0.1) is 0 Å². The summed E-state index contributed by atoms with van der Waals surface area (Å²) in [5, 5.41) is 0. The van der Waals surface area contributed by atoms with E-state index in [1.54, 1.807) is 0 Å². The molecule has 0 saturated carbocycles. The second-order valence-electron chi connectivity index (χ2n) is 10.6. The first-order valence-electron chi connectivity index (χ1n) is 14.5. The fraction of sp³-hybridized carbons (Fsp3) is 0.0500. The quantitative estimate of drug-likeness (QED) is 0.211. The van der Waals surface area contributed by atoms with E-state index in [9.17, 15) is 0 Å². The first kappa shape index (κ1) is 25.6. The van der Waals surface area contributed by atoms with E-state index in [1.165, 1.54) is 11.1 Å². The van der Waals surface area contributed by atoms with Crippen molar-refractivity contribution in [3.05, 3.63) is 163 Å². The average molecular weight is 539 g/mol. The van der Waals surface area contributed by atoms with Gasteiger partial charge in [0.2, 0.25) is 0 Å². The Balaban J connectivity index is 1.36. The van der Waals surface area contributed by atoms with Crippen molar-refractivity contribution >= 4 is 5.57 Å². The molecule has 0 aliphatic heterocycles. The van der Waals surface area contributed by atoms with Crippen molar-refractivity contribution in [1.29, 1.82) is 0 Å². The zero-order valence-electron chi connectivity index (χ0n) is 23.3. The number of aromatic nitrogens is 2. The Bertz CT molecular complexity index is 1850. The van der Waals surface area contributed by atoms with Gasteiger partial charge in [-0.3, -0.25) is 0 Å². The van der Waals surface area contributed by atoms with Crippen LogP contribution in [0.4, 0.5) is 0 Å². The molecule has 0 fully saturated rings. The largest absolute Gasteiger partial charge is 0.248 e. The van der Waals surface area contributed by atoms with Crippen molar-refractivity contribution in [3.8, 4) is 56.0 Å². The lowest BCUT2D eigenvalue weighted by molar-refractivity contribution is 1.04. The van der Waals surface area contributed by atoms with Gasteiger partial charge in [0.05, 0.1) is 22.8 Å². The van der Waals surface area contributed by atoms with E-state index in [4.69, 9.17) is 9.97 Å². The van der Waals surface area contributed by atoms with Crippen molar-refractivity contribution < 1.29 is 0 Å². The standard InChI is InChI=1S/C40H30N2/c1-5-14-29(15-6-1)37-25-35(26-38(41-37)30-16-7-2-8-17-30)33-22-13-23-34(24-33)36-27-39(31-18-9-3-10-19-31)42-40(28-36)32-20-11-4-12-21-32/h1-11,13-20,22-28H,12,21H2. The number of allylic oxidation sites excluding steroid dienone is 4. The molecule has 2 heterocycles. The summed E-state index contributed by atoms with van der Waals surface area (Å²) < 4.78 is 0. The fourth-order valence-corrected chi connectivity index (χ4v) is 5.52. The molecule has 0 atom stereocenters. The summed E-state index contributed by atoms with van der Waals surface area (Å²) in [5.74, 6) is 0. The van der Waals surface area contributed by atoms with Gasteiger partial charge in [0, 0.05) is 16.7 Å². The first-order valence-corrected chi connectivity index (χ1v) is 14.5. The topological polar surface area (TPSA) is 25.8 Å². The minimum atomic E-state index is 0.965. The van der Waals surface area contributed by atoms with Gasteiger partial charge in [-0.05, 0) is 71.0 Å². The molecule has 0 unspecified atom stereocenters. The summed E-state index contributed by atoms with van der Waals surface area (Å²) in [4.78, 5) is 10.2. The maximum atomic E-state index is 5.11. The Hall–Kier alpha value is -5.34. The molecule has 0 saturated heterocycles. The monoisotopic (exact) mass is 538 g/mol. The van der Waals surface area contributed by atoms with E-state index in [-0.39, 0.29) is 0 Å². The zero-order chi connectivity index (χ0) is 28.1. The van der Waals surface area contributed by atoms with Gasteiger partial charge in [0.15, 0.2) is 0 Å². The third-order valence-electron chi connectivity index (χ3n) is 7.73. The van der Waals surface area contributed by atoms with E-state index in [2.05, 4.69) is 140 Å². The van der Waals surface area contributed by atoms with Gasteiger partial charge >= 0.3 is 0 Å². The molecule has 4 aromatic carbocycles. The van der Waals surface area contributed by atoms with Crippen LogP contribution in [-0.4, -0.2) is 9.97 Å². The minimum Gasteiger partial charge on any atom is -0.248 e. The van der Waals surface area contributed by atoms with Gasteiger partial charge in [0.25, 0.3) is 0 Å². The maximum Gasteiger partial charge on any atom is 0.0715 e. The summed E-state index contributed by atoms with van der Waals surface area (Å²) in [5.41, 5.74) is 13.2. The molecule has 2 nitrogen and oxygen atoms in total. The smallest absolute Gasteiger partial charge is 0.0715 e. The first-order chi connectivity index (χ1) is 20.8. The van der Waals surface area contributed by atoms with Crippen LogP contribution in [0, 0.1) is 0 Å². The maximum absolute atomic E-state index is 5.11. The second kappa shape index (κ2) is 11.6. The summed E-state index contributed by atoms with van der Waals surface area (Å²) >= 11 is 0. The molecule has 42 heavy (non-hydrogen) atoms. The third-order valence-corrected chi connectivity index (χ3v) is 7.73. The van der Waals surface area contributed by atoms with Crippen molar-refractivity contribution in [1.82, 2.24) is 9.97 Å². The molecular weight excluding hydrogens is 508 g/mol. The van der Waals surface area contributed by atoms with Crippen LogP contribution in [0.1, 0.15) is 18.5 Å². The van der Waals surface area contributed by atoms with Crippen molar-refractivity contribution in [3.63, 3.8) is 0 Å². The summed E-state index contributed by atoms with van der Waals surface area (Å²) in [6.45, 7) is 0. The number of rotatable bonds is 6. The van der Waals surface area contributed by atoms with Crippen LogP contribution in [-0.2, 0) is 0 Å². The summed E-state index contributed by atoms with van der Waals surface area (Å²) in [7, 11) is 0. The van der Waals surface area contributed by atoms with Crippen LogP contribution in [0.25, 0.3) is 61.6 Å².